The molecule has 11 heteroatoms. The van der Waals surface area contributed by atoms with E-state index in [2.05, 4.69) is 21.1 Å². The third-order valence-corrected chi connectivity index (χ3v) is 7.70. The van der Waals surface area contributed by atoms with Crippen LogP contribution in [0.5, 0.6) is 5.75 Å². The van der Waals surface area contributed by atoms with E-state index < -0.39 is 41.4 Å². The van der Waals surface area contributed by atoms with Crippen molar-refractivity contribution in [3.05, 3.63) is 47.3 Å². The van der Waals surface area contributed by atoms with E-state index in [0.717, 1.165) is 31.2 Å². The maximum Gasteiger partial charge on any atom is 0.290 e. The van der Waals surface area contributed by atoms with E-state index in [0.29, 0.717) is 30.3 Å². The van der Waals surface area contributed by atoms with E-state index in [4.69, 9.17) is 14.0 Å². The summed E-state index contributed by atoms with van der Waals surface area (Å²) in [5, 5.41) is 11.9. The van der Waals surface area contributed by atoms with Gasteiger partial charge in [0.2, 0.25) is 17.6 Å². The largest absolute Gasteiger partial charge is 0.497 e. The quantitative estimate of drug-likeness (QED) is 0.319. The molecule has 216 valence electrons. The summed E-state index contributed by atoms with van der Waals surface area (Å²) in [6, 6.07) is 4.47. The summed E-state index contributed by atoms with van der Waals surface area (Å²) in [5.41, 5.74) is 0.433. The van der Waals surface area contributed by atoms with Gasteiger partial charge in [-0.05, 0) is 50.8 Å². The number of carbonyl (C=O) groups excluding carboxylic acids is 4. The molecule has 1 aliphatic heterocycles. The highest BCUT2D eigenvalue weighted by atomic mass is 16.6. The SMILES string of the molecule is COc1ccc(CC(NC(=O)C(C)NC(=O)c2oncc2C)C(=O)NC(CC2CCCC2)C(=O)C2(C)CO2)cc1. The van der Waals surface area contributed by atoms with Crippen LogP contribution in [-0.4, -0.2) is 66.1 Å². The Morgan fingerprint density at radius 1 is 1.05 bits per heavy atom. The molecule has 2 aromatic rings. The van der Waals surface area contributed by atoms with Crippen LogP contribution in [0.15, 0.2) is 35.0 Å². The van der Waals surface area contributed by atoms with E-state index in [9.17, 15) is 19.2 Å². The van der Waals surface area contributed by atoms with Crippen molar-refractivity contribution in [2.45, 2.75) is 83.0 Å². The second-order valence-corrected chi connectivity index (χ2v) is 11.0. The van der Waals surface area contributed by atoms with Gasteiger partial charge in [0.1, 0.15) is 23.4 Å². The van der Waals surface area contributed by atoms with Gasteiger partial charge in [0.15, 0.2) is 5.78 Å². The van der Waals surface area contributed by atoms with Crippen LogP contribution in [0.2, 0.25) is 0 Å². The van der Waals surface area contributed by atoms with Crippen molar-refractivity contribution in [1.82, 2.24) is 21.1 Å². The number of hydrogen-bond donors (Lipinski definition) is 3. The smallest absolute Gasteiger partial charge is 0.290 e. The van der Waals surface area contributed by atoms with E-state index in [-0.39, 0.29) is 18.0 Å². The van der Waals surface area contributed by atoms with Gasteiger partial charge in [0, 0.05) is 12.0 Å². The first-order valence-electron chi connectivity index (χ1n) is 13.7. The Bertz CT molecular complexity index is 1220. The second-order valence-electron chi connectivity index (χ2n) is 11.0. The van der Waals surface area contributed by atoms with Crippen LogP contribution in [0.3, 0.4) is 0 Å². The number of nitrogens with zero attached hydrogens (tertiary/aromatic N) is 1. The zero-order chi connectivity index (χ0) is 28.9. The van der Waals surface area contributed by atoms with Crippen molar-refractivity contribution in [2.75, 3.05) is 13.7 Å². The number of benzene rings is 1. The highest BCUT2D eigenvalue weighted by Crippen LogP contribution is 2.33. The van der Waals surface area contributed by atoms with E-state index in [1.165, 1.54) is 13.1 Å². The number of carbonyl (C=O) groups is 4. The summed E-state index contributed by atoms with van der Waals surface area (Å²) in [6.07, 6.45) is 6.38. The van der Waals surface area contributed by atoms with Crippen LogP contribution in [-0.2, 0) is 25.5 Å². The zero-order valence-electron chi connectivity index (χ0n) is 23.5. The molecule has 4 rings (SSSR count). The van der Waals surface area contributed by atoms with Crippen LogP contribution in [0, 0.1) is 12.8 Å². The number of rotatable bonds is 13. The van der Waals surface area contributed by atoms with Crippen LogP contribution in [0.4, 0.5) is 0 Å². The van der Waals surface area contributed by atoms with Crippen molar-refractivity contribution in [3.63, 3.8) is 0 Å². The van der Waals surface area contributed by atoms with Gasteiger partial charge in [-0.15, -0.1) is 0 Å². The highest BCUT2D eigenvalue weighted by molar-refractivity contribution is 5.99. The van der Waals surface area contributed by atoms with Crippen molar-refractivity contribution >= 4 is 23.5 Å². The molecule has 4 unspecified atom stereocenters. The summed E-state index contributed by atoms with van der Waals surface area (Å²) in [7, 11) is 1.56. The number of methoxy groups -OCH3 is 1. The monoisotopic (exact) mass is 554 g/mol. The number of epoxide rings is 1. The third kappa shape index (κ3) is 7.26. The average Bonchev–Trinajstić information content (AvgIpc) is 3.28. The molecular weight excluding hydrogens is 516 g/mol. The molecule has 1 aliphatic carbocycles. The van der Waals surface area contributed by atoms with Gasteiger partial charge in [0.05, 0.1) is 26.0 Å². The normalized spacial score (nSPS) is 20.7. The molecule has 2 heterocycles. The Morgan fingerprint density at radius 3 is 2.27 bits per heavy atom. The molecule has 40 heavy (non-hydrogen) atoms. The standard InChI is InChI=1S/C29H38N4O7/c1-17-15-30-40-24(17)28(37)31-18(2)26(35)33-23(14-20-9-11-21(38-4)12-10-20)27(36)32-22(13-19-7-5-6-8-19)25(34)29(3)16-39-29/h9-12,15,18-19,22-23H,5-8,13-14,16H2,1-4H3,(H,31,37)(H,32,36)(H,33,35). The topological polar surface area (TPSA) is 152 Å². The number of aromatic nitrogens is 1. The number of hydrogen-bond acceptors (Lipinski definition) is 8. The molecule has 0 spiro atoms. The van der Waals surface area contributed by atoms with Gasteiger partial charge in [0.25, 0.3) is 5.91 Å². The van der Waals surface area contributed by atoms with E-state index in [1.807, 2.05) is 12.1 Å². The Morgan fingerprint density at radius 2 is 1.70 bits per heavy atom. The summed E-state index contributed by atoms with van der Waals surface area (Å²) in [4.78, 5) is 52.6. The minimum absolute atomic E-state index is 0.0104. The first-order chi connectivity index (χ1) is 19.1. The number of amides is 3. The van der Waals surface area contributed by atoms with Gasteiger partial charge < -0.3 is 29.9 Å². The van der Waals surface area contributed by atoms with Crippen molar-refractivity contribution in [1.29, 1.82) is 0 Å². The molecule has 3 amide bonds. The number of aryl methyl sites for hydroxylation is 1. The minimum atomic E-state index is -1.00. The molecule has 1 saturated heterocycles. The summed E-state index contributed by atoms with van der Waals surface area (Å²) in [6.45, 7) is 5.25. The lowest BCUT2D eigenvalue weighted by Crippen LogP contribution is -2.57. The van der Waals surface area contributed by atoms with E-state index >= 15 is 0 Å². The van der Waals surface area contributed by atoms with Gasteiger partial charge >= 0.3 is 0 Å². The number of Topliss-reactive ketones (excluding diaryl/α,β-unsaturated/α-hetero) is 1. The predicted octanol–water partition coefficient (Wildman–Crippen LogP) is 2.26. The Hall–Kier alpha value is -3.73. The highest BCUT2D eigenvalue weighted by Gasteiger charge is 2.50. The molecule has 4 atom stereocenters. The second kappa shape index (κ2) is 12.6. The zero-order valence-corrected chi connectivity index (χ0v) is 23.5. The van der Waals surface area contributed by atoms with Crippen LogP contribution in [0.25, 0.3) is 0 Å². The van der Waals surface area contributed by atoms with Gasteiger partial charge in [-0.3, -0.25) is 19.2 Å². The maximum absolute atomic E-state index is 13.7. The maximum atomic E-state index is 13.7. The van der Waals surface area contributed by atoms with Crippen LogP contribution < -0.4 is 20.7 Å². The molecule has 3 N–H and O–H groups in total. The predicted molar refractivity (Wildman–Crippen MR) is 145 cm³/mol. The van der Waals surface area contributed by atoms with Crippen molar-refractivity contribution in [3.8, 4) is 5.75 Å². The first kappa shape index (κ1) is 29.3. The lowest BCUT2D eigenvalue weighted by molar-refractivity contribution is -0.133. The lowest BCUT2D eigenvalue weighted by atomic mass is 9.90. The summed E-state index contributed by atoms with van der Waals surface area (Å²) < 4.78 is 15.6. The van der Waals surface area contributed by atoms with Gasteiger partial charge in [-0.25, -0.2) is 0 Å². The molecule has 0 radical (unpaired) electrons. The number of ketones is 1. The van der Waals surface area contributed by atoms with Gasteiger partial charge in [-0.1, -0.05) is 43.0 Å². The lowest BCUT2D eigenvalue weighted by Gasteiger charge is -2.26. The molecule has 11 nitrogen and oxygen atoms in total. The van der Waals surface area contributed by atoms with Crippen molar-refractivity contribution in [2.24, 2.45) is 5.92 Å². The molecule has 1 aromatic heterocycles. The fourth-order valence-corrected chi connectivity index (χ4v) is 5.04. The van der Waals surface area contributed by atoms with Crippen LogP contribution >= 0.6 is 0 Å². The number of ether oxygens (including phenoxy) is 2. The van der Waals surface area contributed by atoms with Gasteiger partial charge in [-0.2, -0.15) is 0 Å². The Kier molecular flexibility index (Phi) is 9.24. The molecular formula is C29H38N4O7. The van der Waals surface area contributed by atoms with Crippen LogP contribution in [0.1, 0.15) is 67.6 Å². The van der Waals surface area contributed by atoms with Crippen molar-refractivity contribution < 1.29 is 33.2 Å². The minimum Gasteiger partial charge on any atom is -0.497 e. The third-order valence-electron chi connectivity index (χ3n) is 7.70. The molecule has 2 fully saturated rings. The first-order valence-corrected chi connectivity index (χ1v) is 13.7. The molecule has 1 saturated carbocycles. The number of nitrogens with one attached hydrogen (secondary N) is 3. The fourth-order valence-electron chi connectivity index (χ4n) is 5.04. The molecule has 0 bridgehead atoms. The summed E-state index contributed by atoms with van der Waals surface area (Å²) in [5.74, 6) is -0.756. The molecule has 2 aliphatic rings. The Balaban J connectivity index is 1.49. The van der Waals surface area contributed by atoms with E-state index in [1.54, 1.807) is 33.1 Å². The Labute approximate surface area is 233 Å². The molecule has 1 aromatic carbocycles. The summed E-state index contributed by atoms with van der Waals surface area (Å²) >= 11 is 0. The average molecular weight is 555 g/mol. The fraction of sp³-hybridized carbons (Fsp3) is 0.552.